The fourth-order valence-corrected chi connectivity index (χ4v) is 1.89. The number of carbonyl (C=O) groups excluding carboxylic acids is 1. The van der Waals surface area contributed by atoms with Crippen LogP contribution in [0.5, 0.6) is 0 Å². The second kappa shape index (κ2) is 5.58. The molecule has 0 unspecified atom stereocenters. The van der Waals surface area contributed by atoms with Gasteiger partial charge in [-0.05, 0) is 42.8 Å². The monoisotopic (exact) mass is 344 g/mol. The summed E-state index contributed by atoms with van der Waals surface area (Å²) in [7, 11) is 0. The molecule has 2 N–H and O–H groups in total. The maximum atomic E-state index is 11.9. The number of amides is 1. The topological polar surface area (TPSA) is 110 Å². The number of benzene rings is 1. The number of anilines is 1. The fraction of sp³-hybridized carbons (Fsp3) is 0.333. The number of nitrogens with zero attached hydrogens (tertiary/aromatic N) is 1. The Morgan fingerprint density at radius 1 is 1.40 bits per heavy atom. The lowest BCUT2D eigenvalue weighted by molar-refractivity contribution is -0.385. The van der Waals surface area contributed by atoms with E-state index in [-0.39, 0.29) is 11.4 Å². The normalized spacial score (nSPS) is 11.0. The van der Waals surface area contributed by atoms with Crippen LogP contribution in [0.1, 0.15) is 19.4 Å². The molecule has 108 valence electrons. The van der Waals surface area contributed by atoms with Crippen molar-refractivity contribution in [2.75, 3.05) is 5.32 Å². The van der Waals surface area contributed by atoms with E-state index in [1.165, 1.54) is 26.0 Å². The Labute approximate surface area is 123 Å². The van der Waals surface area contributed by atoms with Crippen LogP contribution in [0, 0.1) is 22.5 Å². The molecule has 0 aliphatic heterocycles. The van der Waals surface area contributed by atoms with E-state index < -0.39 is 22.2 Å². The summed E-state index contributed by atoms with van der Waals surface area (Å²) in [5.41, 5.74) is -1.21. The van der Waals surface area contributed by atoms with Gasteiger partial charge in [0.15, 0.2) is 0 Å². The minimum absolute atomic E-state index is 0.154. The number of aliphatic carboxylic acids is 1. The minimum Gasteiger partial charge on any atom is -0.480 e. The minimum atomic E-state index is -1.64. The summed E-state index contributed by atoms with van der Waals surface area (Å²) in [5, 5.41) is 22.2. The van der Waals surface area contributed by atoms with E-state index in [2.05, 4.69) is 21.2 Å². The van der Waals surface area contributed by atoms with Crippen LogP contribution in [0.15, 0.2) is 16.6 Å². The lowest BCUT2D eigenvalue weighted by Gasteiger charge is -2.19. The van der Waals surface area contributed by atoms with Gasteiger partial charge in [-0.15, -0.1) is 0 Å². The molecular weight excluding hydrogens is 332 g/mol. The summed E-state index contributed by atoms with van der Waals surface area (Å²) in [4.78, 5) is 33.2. The number of halogens is 1. The molecule has 1 amide bonds. The quantitative estimate of drug-likeness (QED) is 0.495. The molecule has 0 heterocycles. The zero-order chi connectivity index (χ0) is 15.7. The van der Waals surface area contributed by atoms with Crippen LogP contribution in [0.25, 0.3) is 0 Å². The van der Waals surface area contributed by atoms with Gasteiger partial charge >= 0.3 is 5.97 Å². The molecule has 0 saturated carbocycles. The molecule has 7 nitrogen and oxygen atoms in total. The average molecular weight is 345 g/mol. The van der Waals surface area contributed by atoms with Gasteiger partial charge in [0, 0.05) is 16.1 Å². The summed E-state index contributed by atoms with van der Waals surface area (Å²) >= 11 is 3.18. The number of rotatable bonds is 4. The van der Waals surface area contributed by atoms with E-state index in [0.29, 0.717) is 10.0 Å². The van der Waals surface area contributed by atoms with Crippen LogP contribution in [-0.2, 0) is 9.59 Å². The van der Waals surface area contributed by atoms with Crippen LogP contribution < -0.4 is 5.32 Å². The Hall–Kier alpha value is -1.96. The third-order valence-electron chi connectivity index (χ3n) is 2.83. The molecule has 20 heavy (non-hydrogen) atoms. The van der Waals surface area contributed by atoms with Crippen molar-refractivity contribution in [2.24, 2.45) is 5.41 Å². The van der Waals surface area contributed by atoms with Gasteiger partial charge in [0.25, 0.3) is 5.69 Å². The van der Waals surface area contributed by atoms with Crippen LogP contribution >= 0.6 is 15.9 Å². The first-order valence-electron chi connectivity index (χ1n) is 5.56. The second-order valence-corrected chi connectivity index (χ2v) is 5.61. The number of hydrogen-bond donors (Lipinski definition) is 2. The van der Waals surface area contributed by atoms with Gasteiger partial charge in [0.05, 0.1) is 10.6 Å². The van der Waals surface area contributed by atoms with Gasteiger partial charge < -0.3 is 10.4 Å². The lowest BCUT2D eigenvalue weighted by atomic mass is 9.92. The van der Waals surface area contributed by atoms with Crippen molar-refractivity contribution in [3.05, 3.63) is 32.3 Å². The lowest BCUT2D eigenvalue weighted by Crippen LogP contribution is -2.37. The first-order chi connectivity index (χ1) is 9.07. The molecule has 0 aliphatic rings. The first-order valence-corrected chi connectivity index (χ1v) is 6.36. The smallest absolute Gasteiger partial charge is 0.318 e. The summed E-state index contributed by atoms with van der Waals surface area (Å²) in [6, 6.07) is 2.68. The van der Waals surface area contributed by atoms with Crippen LogP contribution in [0.3, 0.4) is 0 Å². The molecule has 0 saturated heterocycles. The number of hydrogen-bond acceptors (Lipinski definition) is 4. The average Bonchev–Trinajstić information content (AvgIpc) is 2.31. The number of carboxylic acids is 1. The molecule has 0 atom stereocenters. The van der Waals surface area contributed by atoms with Crippen molar-refractivity contribution in [1.82, 2.24) is 0 Å². The molecule has 1 aromatic rings. The highest BCUT2D eigenvalue weighted by molar-refractivity contribution is 9.10. The van der Waals surface area contributed by atoms with E-state index in [1.54, 1.807) is 6.92 Å². The molecule has 0 bridgehead atoms. The maximum absolute atomic E-state index is 11.9. The van der Waals surface area contributed by atoms with Crippen molar-refractivity contribution < 1.29 is 19.6 Å². The van der Waals surface area contributed by atoms with Gasteiger partial charge in [-0.3, -0.25) is 19.7 Å². The Morgan fingerprint density at radius 3 is 2.40 bits per heavy atom. The molecule has 0 radical (unpaired) electrons. The van der Waals surface area contributed by atoms with Gasteiger partial charge in [0.2, 0.25) is 5.91 Å². The van der Waals surface area contributed by atoms with E-state index in [1.807, 2.05) is 0 Å². The fourth-order valence-electron chi connectivity index (χ4n) is 1.33. The SMILES string of the molecule is Cc1cc(Br)c(NC(=O)C(C)(C)C(=O)O)cc1[N+](=O)[O-]. The number of aryl methyl sites for hydroxylation is 1. The largest absolute Gasteiger partial charge is 0.480 e. The number of carboxylic acid groups (broad SMARTS) is 1. The van der Waals surface area contributed by atoms with Crippen molar-refractivity contribution in [3.63, 3.8) is 0 Å². The highest BCUT2D eigenvalue weighted by Gasteiger charge is 2.36. The van der Waals surface area contributed by atoms with Gasteiger partial charge in [0.1, 0.15) is 5.41 Å². The zero-order valence-corrected chi connectivity index (χ0v) is 12.6. The molecule has 8 heteroatoms. The van der Waals surface area contributed by atoms with E-state index in [9.17, 15) is 19.7 Å². The number of nitro groups is 1. The predicted octanol–water partition coefficient (Wildman–Crippen LogP) is 2.72. The molecule has 0 aliphatic carbocycles. The van der Waals surface area contributed by atoms with Gasteiger partial charge in [-0.25, -0.2) is 0 Å². The molecule has 1 aromatic carbocycles. The van der Waals surface area contributed by atoms with Crippen molar-refractivity contribution in [2.45, 2.75) is 20.8 Å². The molecule has 0 spiro atoms. The summed E-state index contributed by atoms with van der Waals surface area (Å²) in [6.45, 7) is 4.07. The summed E-state index contributed by atoms with van der Waals surface area (Å²) < 4.78 is 0.440. The number of nitrogens with one attached hydrogen (secondary N) is 1. The zero-order valence-electron chi connectivity index (χ0n) is 11.1. The number of nitro benzene ring substituents is 1. The Kier molecular flexibility index (Phi) is 4.49. The van der Waals surface area contributed by atoms with Gasteiger partial charge in [-0.1, -0.05) is 0 Å². The van der Waals surface area contributed by atoms with Crippen LogP contribution in [0.4, 0.5) is 11.4 Å². The highest BCUT2D eigenvalue weighted by Crippen LogP contribution is 2.31. The Bertz CT molecular complexity index is 598. The van der Waals surface area contributed by atoms with E-state index in [4.69, 9.17) is 5.11 Å². The van der Waals surface area contributed by atoms with E-state index in [0.717, 1.165) is 0 Å². The second-order valence-electron chi connectivity index (χ2n) is 4.76. The standard InChI is InChI=1S/C12H13BrN2O5/c1-6-4-7(13)8(5-9(6)15(19)20)14-10(16)12(2,3)11(17)18/h4-5H,1-3H3,(H,14,16)(H,17,18). The number of carbonyl (C=O) groups is 2. The summed E-state index contributed by atoms with van der Waals surface area (Å²) in [5.74, 6) is -2.04. The third kappa shape index (κ3) is 3.13. The van der Waals surface area contributed by atoms with Crippen molar-refractivity contribution in [3.8, 4) is 0 Å². The third-order valence-corrected chi connectivity index (χ3v) is 3.49. The molecular formula is C12H13BrN2O5. The van der Waals surface area contributed by atoms with Crippen molar-refractivity contribution >= 4 is 39.2 Å². The first kappa shape index (κ1) is 16.1. The highest BCUT2D eigenvalue weighted by atomic mass is 79.9. The maximum Gasteiger partial charge on any atom is 0.318 e. The Balaban J connectivity index is 3.16. The summed E-state index contributed by atoms with van der Waals surface area (Å²) in [6.07, 6.45) is 0. The van der Waals surface area contributed by atoms with Gasteiger partial charge in [-0.2, -0.15) is 0 Å². The molecule has 0 aromatic heterocycles. The molecule has 1 rings (SSSR count). The van der Waals surface area contributed by atoms with E-state index >= 15 is 0 Å². The predicted molar refractivity (Wildman–Crippen MR) is 75.6 cm³/mol. The Morgan fingerprint density at radius 2 is 1.95 bits per heavy atom. The molecule has 0 fully saturated rings. The van der Waals surface area contributed by atoms with Crippen molar-refractivity contribution in [1.29, 1.82) is 0 Å². The van der Waals surface area contributed by atoms with Crippen LogP contribution in [0.2, 0.25) is 0 Å². The van der Waals surface area contributed by atoms with Crippen LogP contribution in [-0.4, -0.2) is 21.9 Å².